The highest BCUT2D eigenvalue weighted by molar-refractivity contribution is 6.30. The number of carbonyl (C=O) groups is 2. The average Bonchev–Trinajstić information content (AvgIpc) is 2.91. The van der Waals surface area contributed by atoms with Crippen LogP contribution in [-0.2, 0) is 11.3 Å². The van der Waals surface area contributed by atoms with E-state index in [0.29, 0.717) is 41.5 Å². The number of rotatable bonds is 5. The highest BCUT2D eigenvalue weighted by Gasteiger charge is 2.31. The number of halogens is 1. The van der Waals surface area contributed by atoms with Crippen molar-refractivity contribution in [2.24, 2.45) is 0 Å². The SMILES string of the molecule is COCCN1Cc2cccc(C(=O)Nc3ccc(Cl)cc3)c2C1=O. The lowest BCUT2D eigenvalue weighted by molar-refractivity contribution is 0.0716. The van der Waals surface area contributed by atoms with E-state index in [2.05, 4.69) is 5.32 Å². The molecule has 6 heteroatoms. The largest absolute Gasteiger partial charge is 0.383 e. The fourth-order valence-electron chi connectivity index (χ4n) is 2.72. The van der Waals surface area contributed by atoms with E-state index in [1.165, 1.54) is 0 Å². The van der Waals surface area contributed by atoms with Gasteiger partial charge in [-0.15, -0.1) is 0 Å². The summed E-state index contributed by atoms with van der Waals surface area (Å²) in [5.74, 6) is -0.444. The molecule has 3 rings (SSSR count). The minimum atomic E-state index is -0.309. The van der Waals surface area contributed by atoms with Crippen LogP contribution in [0.2, 0.25) is 5.02 Å². The molecule has 0 saturated carbocycles. The number of hydrogen-bond acceptors (Lipinski definition) is 3. The van der Waals surface area contributed by atoms with Gasteiger partial charge in [0.05, 0.1) is 17.7 Å². The normalized spacial score (nSPS) is 13.1. The van der Waals surface area contributed by atoms with Gasteiger partial charge >= 0.3 is 0 Å². The van der Waals surface area contributed by atoms with E-state index in [1.54, 1.807) is 48.4 Å². The summed E-state index contributed by atoms with van der Waals surface area (Å²) in [6, 6.07) is 12.2. The molecule has 0 radical (unpaired) electrons. The molecule has 0 spiro atoms. The van der Waals surface area contributed by atoms with E-state index < -0.39 is 0 Å². The van der Waals surface area contributed by atoms with Gasteiger partial charge in [-0.2, -0.15) is 0 Å². The minimum Gasteiger partial charge on any atom is -0.383 e. The van der Waals surface area contributed by atoms with Crippen LogP contribution in [0.1, 0.15) is 26.3 Å². The second-order valence-corrected chi connectivity index (χ2v) is 5.96. The lowest BCUT2D eigenvalue weighted by atomic mass is 10.0. The Morgan fingerprint density at radius 2 is 2.00 bits per heavy atom. The molecule has 0 aliphatic carbocycles. The first-order chi connectivity index (χ1) is 11.6. The molecule has 5 nitrogen and oxygen atoms in total. The smallest absolute Gasteiger partial charge is 0.256 e. The van der Waals surface area contributed by atoms with E-state index in [-0.39, 0.29) is 11.8 Å². The zero-order chi connectivity index (χ0) is 17.1. The topological polar surface area (TPSA) is 58.6 Å². The molecule has 0 aromatic heterocycles. The molecule has 0 atom stereocenters. The third-order valence-corrected chi connectivity index (χ3v) is 4.18. The number of methoxy groups -OCH3 is 1. The fourth-order valence-corrected chi connectivity index (χ4v) is 2.85. The van der Waals surface area contributed by atoms with Crippen LogP contribution in [0, 0.1) is 0 Å². The summed E-state index contributed by atoms with van der Waals surface area (Å²) in [6.07, 6.45) is 0. The number of amides is 2. The average molecular weight is 345 g/mol. The van der Waals surface area contributed by atoms with Gasteiger partial charge in [-0.25, -0.2) is 0 Å². The summed E-state index contributed by atoms with van der Waals surface area (Å²) in [5.41, 5.74) is 2.34. The Bertz CT molecular complexity index is 774. The summed E-state index contributed by atoms with van der Waals surface area (Å²) in [4.78, 5) is 26.9. The number of nitrogens with zero attached hydrogens (tertiary/aromatic N) is 1. The molecule has 0 fully saturated rings. The van der Waals surface area contributed by atoms with Gasteiger partial charge in [0, 0.05) is 30.9 Å². The van der Waals surface area contributed by atoms with Crippen molar-refractivity contribution in [3.05, 3.63) is 64.2 Å². The second kappa shape index (κ2) is 7.03. The molecule has 1 heterocycles. The predicted molar refractivity (Wildman–Crippen MR) is 92.5 cm³/mol. The lowest BCUT2D eigenvalue weighted by Crippen LogP contribution is -2.28. The molecule has 2 amide bonds. The van der Waals surface area contributed by atoms with Crippen molar-refractivity contribution in [2.45, 2.75) is 6.54 Å². The predicted octanol–water partition coefficient (Wildman–Crippen LogP) is 3.19. The summed E-state index contributed by atoms with van der Waals surface area (Å²) in [7, 11) is 1.60. The fraction of sp³-hybridized carbons (Fsp3) is 0.222. The number of fused-ring (bicyclic) bond motifs is 1. The molecular weight excluding hydrogens is 328 g/mol. The molecular formula is C18H17ClN2O3. The standard InChI is InChI=1S/C18H17ClN2O3/c1-24-10-9-21-11-12-3-2-4-15(16(12)18(21)23)17(22)20-14-7-5-13(19)6-8-14/h2-8H,9-11H2,1H3,(H,20,22). The minimum absolute atomic E-state index is 0.135. The Hall–Kier alpha value is -2.37. The Labute approximate surface area is 145 Å². The number of hydrogen-bond donors (Lipinski definition) is 1. The van der Waals surface area contributed by atoms with Crippen molar-refractivity contribution in [3.8, 4) is 0 Å². The maximum absolute atomic E-state index is 12.6. The zero-order valence-electron chi connectivity index (χ0n) is 13.2. The van der Waals surface area contributed by atoms with Crippen molar-refractivity contribution < 1.29 is 14.3 Å². The highest BCUT2D eigenvalue weighted by atomic mass is 35.5. The van der Waals surface area contributed by atoms with Crippen molar-refractivity contribution in [1.29, 1.82) is 0 Å². The van der Waals surface area contributed by atoms with Gasteiger partial charge in [0.25, 0.3) is 11.8 Å². The molecule has 2 aromatic carbocycles. The molecule has 0 saturated heterocycles. The van der Waals surface area contributed by atoms with Crippen LogP contribution in [0.25, 0.3) is 0 Å². The second-order valence-electron chi connectivity index (χ2n) is 5.52. The van der Waals surface area contributed by atoms with Crippen LogP contribution in [0.3, 0.4) is 0 Å². The van der Waals surface area contributed by atoms with E-state index in [9.17, 15) is 9.59 Å². The number of ether oxygens (including phenoxy) is 1. The number of nitrogens with one attached hydrogen (secondary N) is 1. The summed E-state index contributed by atoms with van der Waals surface area (Å²) in [6.45, 7) is 1.47. The maximum atomic E-state index is 12.6. The van der Waals surface area contributed by atoms with E-state index in [4.69, 9.17) is 16.3 Å². The van der Waals surface area contributed by atoms with E-state index >= 15 is 0 Å². The molecule has 1 N–H and O–H groups in total. The first kappa shape index (κ1) is 16.5. The number of carbonyl (C=O) groups excluding carboxylic acids is 2. The van der Waals surface area contributed by atoms with Crippen molar-refractivity contribution in [2.75, 3.05) is 25.6 Å². The van der Waals surface area contributed by atoms with Gasteiger partial charge in [-0.05, 0) is 35.9 Å². The van der Waals surface area contributed by atoms with Gasteiger partial charge in [0.15, 0.2) is 0 Å². The zero-order valence-corrected chi connectivity index (χ0v) is 14.0. The summed E-state index contributed by atoms with van der Waals surface area (Å²) in [5, 5.41) is 3.40. The Balaban J connectivity index is 1.83. The van der Waals surface area contributed by atoms with Gasteiger partial charge in [-0.3, -0.25) is 9.59 Å². The Kier molecular flexibility index (Phi) is 4.83. The summed E-state index contributed by atoms with van der Waals surface area (Å²) >= 11 is 5.85. The van der Waals surface area contributed by atoms with Crippen molar-refractivity contribution in [1.82, 2.24) is 4.90 Å². The van der Waals surface area contributed by atoms with Gasteiger partial charge in [0.2, 0.25) is 0 Å². The maximum Gasteiger partial charge on any atom is 0.256 e. The van der Waals surface area contributed by atoms with Crippen LogP contribution in [-0.4, -0.2) is 37.0 Å². The van der Waals surface area contributed by atoms with Crippen molar-refractivity contribution in [3.63, 3.8) is 0 Å². The Morgan fingerprint density at radius 1 is 1.25 bits per heavy atom. The van der Waals surface area contributed by atoms with Crippen LogP contribution in [0.5, 0.6) is 0 Å². The number of benzene rings is 2. The lowest BCUT2D eigenvalue weighted by Gasteiger charge is -2.14. The third kappa shape index (κ3) is 3.27. The molecule has 2 aromatic rings. The molecule has 1 aliphatic heterocycles. The quantitative estimate of drug-likeness (QED) is 0.906. The van der Waals surface area contributed by atoms with Crippen LogP contribution in [0.4, 0.5) is 5.69 Å². The van der Waals surface area contributed by atoms with Gasteiger partial charge in [0.1, 0.15) is 0 Å². The molecule has 1 aliphatic rings. The molecule has 0 unspecified atom stereocenters. The van der Waals surface area contributed by atoms with Crippen LogP contribution in [0.15, 0.2) is 42.5 Å². The molecule has 24 heavy (non-hydrogen) atoms. The summed E-state index contributed by atoms with van der Waals surface area (Å²) < 4.78 is 5.03. The highest BCUT2D eigenvalue weighted by Crippen LogP contribution is 2.26. The first-order valence-electron chi connectivity index (χ1n) is 7.57. The van der Waals surface area contributed by atoms with Gasteiger partial charge < -0.3 is 15.0 Å². The third-order valence-electron chi connectivity index (χ3n) is 3.93. The van der Waals surface area contributed by atoms with Crippen LogP contribution < -0.4 is 5.32 Å². The number of anilines is 1. The van der Waals surface area contributed by atoms with E-state index in [0.717, 1.165) is 5.56 Å². The monoisotopic (exact) mass is 344 g/mol. The first-order valence-corrected chi connectivity index (χ1v) is 7.95. The molecule has 0 bridgehead atoms. The van der Waals surface area contributed by atoms with E-state index in [1.807, 2.05) is 6.07 Å². The molecule has 124 valence electrons. The van der Waals surface area contributed by atoms with Gasteiger partial charge in [-0.1, -0.05) is 23.7 Å². The Morgan fingerprint density at radius 3 is 2.71 bits per heavy atom. The van der Waals surface area contributed by atoms with Crippen LogP contribution >= 0.6 is 11.6 Å². The van der Waals surface area contributed by atoms with Crippen molar-refractivity contribution >= 4 is 29.1 Å².